The lowest BCUT2D eigenvalue weighted by Crippen LogP contribution is -2.52. The van der Waals surface area contributed by atoms with Gasteiger partial charge in [-0.25, -0.2) is 9.97 Å². The molecule has 4 heterocycles. The molecule has 4 aromatic rings. The van der Waals surface area contributed by atoms with Crippen molar-refractivity contribution in [1.82, 2.24) is 34.7 Å². The Morgan fingerprint density at radius 2 is 1.57 bits per heavy atom. The van der Waals surface area contributed by atoms with Crippen molar-refractivity contribution in [2.75, 3.05) is 82.3 Å². The maximum atomic E-state index is 13.3. The number of nitrogens with zero attached hydrogens (tertiary/aromatic N) is 8. The van der Waals surface area contributed by atoms with Crippen molar-refractivity contribution in [3.63, 3.8) is 0 Å². The average Bonchev–Trinajstić information content (AvgIpc) is 3.01. The maximum Gasteiger partial charge on any atom is 0.232 e. The summed E-state index contributed by atoms with van der Waals surface area (Å²) in [6.45, 7) is 12.3. The molecule has 0 bridgehead atoms. The van der Waals surface area contributed by atoms with Crippen LogP contribution in [0.5, 0.6) is 5.75 Å². The number of anilines is 5. The van der Waals surface area contributed by atoms with E-state index in [2.05, 4.69) is 76.4 Å². The summed E-state index contributed by atoms with van der Waals surface area (Å²) < 4.78 is 19.1. The van der Waals surface area contributed by atoms with Gasteiger partial charge in [-0.1, -0.05) is 0 Å². The molecule has 0 atom stereocenters. The fraction of sp³-hybridized carbons (Fsp3) is 0.452. The Hall–Kier alpha value is -3.86. The third kappa shape index (κ3) is 6.47. The third-order valence-electron chi connectivity index (χ3n) is 8.59. The number of aryl methyl sites for hydroxylation is 1. The van der Waals surface area contributed by atoms with Gasteiger partial charge in [0, 0.05) is 69.5 Å². The monoisotopic (exact) mass is 616 g/mol. The fourth-order valence-electron chi connectivity index (χ4n) is 6.27. The summed E-state index contributed by atoms with van der Waals surface area (Å²) in [6, 6.07) is 8.53. The number of ether oxygens (including phenoxy) is 1. The molecular weight excluding hydrogens is 575 g/mol. The second kappa shape index (κ2) is 12.6. The van der Waals surface area contributed by atoms with E-state index in [0.717, 1.165) is 43.2 Å². The molecule has 2 aromatic heterocycles. The molecule has 6 rings (SSSR count). The van der Waals surface area contributed by atoms with E-state index in [1.165, 1.54) is 37.9 Å². The van der Waals surface area contributed by atoms with E-state index in [9.17, 15) is 4.57 Å². The normalized spacial score (nSPS) is 17.2. The van der Waals surface area contributed by atoms with Gasteiger partial charge in [-0.15, -0.1) is 0 Å². The standard InChI is InChI=1S/C31H41N10O2P/c1-21-18-25(27(43-3)19-26(21)41-12-8-22(9-13-41)40-16-14-39(2)15-17-40)37-31-35-20-34-30(38-31)36-24-7-6-23-28(33-11-10-32-23)29(24)44(4,5)42/h6-7,10-11,18-20,22H,8-9,12-17H2,1-5H3,(H2,34,35,36,37,38). The van der Waals surface area contributed by atoms with Crippen LogP contribution in [0.15, 0.2) is 43.0 Å². The first-order chi connectivity index (χ1) is 21.2. The average molecular weight is 617 g/mol. The van der Waals surface area contributed by atoms with Gasteiger partial charge in [-0.3, -0.25) is 14.9 Å². The van der Waals surface area contributed by atoms with Crippen LogP contribution in [-0.4, -0.2) is 108 Å². The number of aromatic nitrogens is 5. The van der Waals surface area contributed by atoms with Crippen molar-refractivity contribution < 1.29 is 9.30 Å². The number of piperazine rings is 1. The Morgan fingerprint density at radius 3 is 2.25 bits per heavy atom. The number of likely N-dealkylation sites (N-methyl/N-ethyl adjacent to an activating group) is 1. The number of nitrogens with one attached hydrogen (secondary N) is 2. The fourth-order valence-corrected chi connectivity index (χ4v) is 7.66. The van der Waals surface area contributed by atoms with Gasteiger partial charge in [0.25, 0.3) is 0 Å². The quantitative estimate of drug-likeness (QED) is 0.277. The van der Waals surface area contributed by atoms with Crippen LogP contribution in [0.1, 0.15) is 18.4 Å². The van der Waals surface area contributed by atoms with Crippen LogP contribution in [0.4, 0.5) is 29.0 Å². The molecule has 2 saturated heterocycles. The highest BCUT2D eigenvalue weighted by Crippen LogP contribution is 2.41. The Bertz CT molecular complexity index is 1680. The van der Waals surface area contributed by atoms with Crippen molar-refractivity contribution >= 4 is 52.4 Å². The van der Waals surface area contributed by atoms with Crippen LogP contribution in [0.2, 0.25) is 0 Å². The number of benzene rings is 2. The molecule has 13 heteroatoms. The molecule has 232 valence electrons. The molecule has 0 aliphatic carbocycles. The molecular formula is C31H41N10O2P. The molecule has 0 saturated carbocycles. The summed E-state index contributed by atoms with van der Waals surface area (Å²) in [4.78, 5) is 29.7. The van der Waals surface area contributed by atoms with E-state index in [1.807, 2.05) is 12.1 Å². The summed E-state index contributed by atoms with van der Waals surface area (Å²) in [7, 11) is 1.16. The molecule has 2 aliphatic heterocycles. The summed E-state index contributed by atoms with van der Waals surface area (Å²) >= 11 is 0. The van der Waals surface area contributed by atoms with Crippen molar-refractivity contribution in [2.24, 2.45) is 0 Å². The lowest BCUT2D eigenvalue weighted by atomic mass is 10.0. The van der Waals surface area contributed by atoms with Gasteiger partial charge in [-0.05, 0) is 63.9 Å². The van der Waals surface area contributed by atoms with E-state index in [4.69, 9.17) is 4.74 Å². The molecule has 0 radical (unpaired) electrons. The van der Waals surface area contributed by atoms with Gasteiger partial charge < -0.3 is 29.7 Å². The Balaban J connectivity index is 1.18. The number of fused-ring (bicyclic) bond motifs is 1. The molecule has 0 unspecified atom stereocenters. The molecule has 2 aliphatic rings. The van der Waals surface area contributed by atoms with Crippen molar-refractivity contribution in [3.8, 4) is 5.75 Å². The minimum absolute atomic E-state index is 0.316. The third-order valence-corrected chi connectivity index (χ3v) is 10.1. The first-order valence-corrected chi connectivity index (χ1v) is 17.7. The molecule has 2 fully saturated rings. The highest BCUT2D eigenvalue weighted by atomic mass is 31.2. The molecule has 2 aromatic carbocycles. The van der Waals surface area contributed by atoms with E-state index in [-0.39, 0.29) is 0 Å². The summed E-state index contributed by atoms with van der Waals surface area (Å²) in [6.07, 6.45) is 7.01. The van der Waals surface area contributed by atoms with Crippen molar-refractivity contribution in [3.05, 3.63) is 48.5 Å². The second-order valence-corrected chi connectivity index (χ2v) is 15.2. The minimum Gasteiger partial charge on any atom is -0.494 e. The minimum atomic E-state index is -2.73. The molecule has 2 N–H and O–H groups in total. The van der Waals surface area contributed by atoms with Crippen molar-refractivity contribution in [2.45, 2.75) is 25.8 Å². The highest BCUT2D eigenvalue weighted by molar-refractivity contribution is 7.71. The zero-order valence-electron chi connectivity index (χ0n) is 26.1. The lowest BCUT2D eigenvalue weighted by Gasteiger charge is -2.43. The van der Waals surface area contributed by atoms with Gasteiger partial charge in [-0.2, -0.15) is 4.98 Å². The Kier molecular flexibility index (Phi) is 8.66. The highest BCUT2D eigenvalue weighted by Gasteiger charge is 2.28. The van der Waals surface area contributed by atoms with Gasteiger partial charge >= 0.3 is 0 Å². The van der Waals surface area contributed by atoms with Gasteiger partial charge in [0.05, 0.1) is 29.3 Å². The number of hydrogen-bond acceptors (Lipinski definition) is 12. The van der Waals surface area contributed by atoms with Gasteiger partial charge in [0.15, 0.2) is 0 Å². The van der Waals surface area contributed by atoms with E-state index >= 15 is 0 Å². The van der Waals surface area contributed by atoms with Crippen LogP contribution in [0.3, 0.4) is 0 Å². The van der Waals surface area contributed by atoms with Crippen LogP contribution >= 0.6 is 7.14 Å². The van der Waals surface area contributed by atoms with Gasteiger partial charge in [0.2, 0.25) is 11.9 Å². The maximum absolute atomic E-state index is 13.3. The molecule has 0 amide bonds. The number of hydrogen-bond donors (Lipinski definition) is 2. The smallest absolute Gasteiger partial charge is 0.232 e. The number of piperidine rings is 1. The number of rotatable bonds is 8. The van der Waals surface area contributed by atoms with Crippen molar-refractivity contribution in [1.29, 1.82) is 0 Å². The van der Waals surface area contributed by atoms with E-state index < -0.39 is 7.14 Å². The topological polar surface area (TPSA) is 125 Å². The van der Waals surface area contributed by atoms with E-state index in [1.54, 1.807) is 32.8 Å². The zero-order valence-corrected chi connectivity index (χ0v) is 27.0. The zero-order chi connectivity index (χ0) is 30.8. The summed E-state index contributed by atoms with van der Waals surface area (Å²) in [5.74, 6) is 1.39. The predicted octanol–water partition coefficient (Wildman–Crippen LogP) is 4.08. The Labute approximate surface area is 258 Å². The molecule has 12 nitrogen and oxygen atoms in total. The first-order valence-electron chi connectivity index (χ1n) is 15.1. The van der Waals surface area contributed by atoms with Gasteiger partial charge in [0.1, 0.15) is 24.7 Å². The second-order valence-electron chi connectivity index (χ2n) is 12.0. The first kappa shape index (κ1) is 30.2. The van der Waals surface area contributed by atoms with E-state index in [0.29, 0.717) is 40.0 Å². The van der Waals surface area contributed by atoms with Crippen LogP contribution < -0.4 is 25.6 Å². The molecule has 0 spiro atoms. The van der Waals surface area contributed by atoms with Crippen LogP contribution in [-0.2, 0) is 4.57 Å². The molecule has 44 heavy (non-hydrogen) atoms. The predicted molar refractivity (Wildman–Crippen MR) is 177 cm³/mol. The SMILES string of the molecule is COc1cc(N2CCC(N3CCN(C)CC3)CC2)c(C)cc1Nc1ncnc(Nc2ccc3nccnc3c2P(C)(C)=O)n1. The lowest BCUT2D eigenvalue weighted by molar-refractivity contribution is 0.0982. The van der Waals surface area contributed by atoms with Crippen LogP contribution in [0, 0.1) is 6.92 Å². The van der Waals surface area contributed by atoms with Crippen LogP contribution in [0.25, 0.3) is 11.0 Å². The summed E-state index contributed by atoms with van der Waals surface area (Å²) in [5, 5.41) is 7.16. The Morgan fingerprint density at radius 1 is 0.886 bits per heavy atom. The summed E-state index contributed by atoms with van der Waals surface area (Å²) in [5.41, 5.74) is 5.02. The number of methoxy groups -OCH3 is 1. The largest absolute Gasteiger partial charge is 0.494 e.